The first-order valence-electron chi connectivity index (χ1n) is 10.3. The van der Waals surface area contributed by atoms with Crippen molar-refractivity contribution in [2.45, 2.75) is 38.9 Å². The van der Waals surface area contributed by atoms with Crippen molar-refractivity contribution in [2.24, 2.45) is 5.73 Å². The van der Waals surface area contributed by atoms with Crippen molar-refractivity contribution in [3.63, 3.8) is 0 Å². The summed E-state index contributed by atoms with van der Waals surface area (Å²) in [4.78, 5) is 40.6. The highest BCUT2D eigenvalue weighted by molar-refractivity contribution is 7.09. The summed E-state index contributed by atoms with van der Waals surface area (Å²) in [6, 6.07) is 13.0. The Kier molecular flexibility index (Phi) is 7.91. The molecule has 0 radical (unpaired) electrons. The van der Waals surface area contributed by atoms with Gasteiger partial charge in [-0.15, -0.1) is 11.3 Å². The third kappa shape index (κ3) is 6.35. The van der Waals surface area contributed by atoms with Crippen LogP contribution in [-0.2, 0) is 16.1 Å². The van der Waals surface area contributed by atoms with Gasteiger partial charge in [0, 0.05) is 24.5 Å². The van der Waals surface area contributed by atoms with E-state index in [0.717, 1.165) is 5.01 Å². The number of rotatable bonds is 10. The molecule has 2 atom stereocenters. The summed E-state index contributed by atoms with van der Waals surface area (Å²) in [6.07, 6.45) is -0.295. The van der Waals surface area contributed by atoms with Crippen molar-refractivity contribution < 1.29 is 14.4 Å². The van der Waals surface area contributed by atoms with Crippen molar-refractivity contribution >= 4 is 39.8 Å². The second-order valence-corrected chi connectivity index (χ2v) is 8.69. The number of carbonyl (C=O) groups excluding carboxylic acids is 3. The number of fused-ring (bicyclic) bond motifs is 1. The van der Waals surface area contributed by atoms with Crippen molar-refractivity contribution in [3.8, 4) is 0 Å². The van der Waals surface area contributed by atoms with E-state index in [1.54, 1.807) is 12.3 Å². The van der Waals surface area contributed by atoms with Crippen LogP contribution in [0.4, 0.5) is 0 Å². The lowest BCUT2D eigenvalue weighted by atomic mass is 10.0. The minimum atomic E-state index is -1.07. The summed E-state index contributed by atoms with van der Waals surface area (Å²) < 4.78 is 0. The van der Waals surface area contributed by atoms with Gasteiger partial charge in [0.15, 0.2) is 0 Å². The van der Waals surface area contributed by atoms with Gasteiger partial charge in [0.1, 0.15) is 11.7 Å². The summed E-state index contributed by atoms with van der Waals surface area (Å²) >= 11 is 1.33. The molecule has 8 nitrogen and oxygen atoms in total. The van der Waals surface area contributed by atoms with Crippen molar-refractivity contribution in [2.75, 3.05) is 6.54 Å². The van der Waals surface area contributed by atoms with Crippen LogP contribution in [0, 0.1) is 6.92 Å². The number of primary amides is 1. The van der Waals surface area contributed by atoms with Crippen molar-refractivity contribution in [1.29, 1.82) is 0 Å². The molecule has 9 heteroatoms. The van der Waals surface area contributed by atoms with Crippen LogP contribution < -0.4 is 21.7 Å². The Bertz CT molecular complexity index is 1110. The fourth-order valence-corrected chi connectivity index (χ4v) is 3.97. The molecule has 0 saturated carbocycles. The van der Waals surface area contributed by atoms with E-state index < -0.39 is 23.8 Å². The molecule has 0 fully saturated rings. The lowest BCUT2D eigenvalue weighted by Gasteiger charge is -2.21. The number of thiazole rings is 1. The molecule has 1 aromatic heterocycles. The predicted molar refractivity (Wildman–Crippen MR) is 125 cm³/mol. The van der Waals surface area contributed by atoms with Crippen LogP contribution in [0.3, 0.4) is 0 Å². The van der Waals surface area contributed by atoms with E-state index in [2.05, 4.69) is 45.2 Å². The molecule has 0 aliphatic rings. The highest BCUT2D eigenvalue weighted by Crippen LogP contribution is 2.18. The van der Waals surface area contributed by atoms with Crippen molar-refractivity contribution in [1.82, 2.24) is 20.9 Å². The molecule has 3 amide bonds. The number of hydrogen-bond acceptors (Lipinski definition) is 6. The fourth-order valence-electron chi connectivity index (χ4n) is 3.37. The van der Waals surface area contributed by atoms with E-state index in [4.69, 9.17) is 5.73 Å². The number of nitrogens with one attached hydrogen (secondary N) is 3. The number of benzene rings is 2. The van der Waals surface area contributed by atoms with Gasteiger partial charge in [-0.1, -0.05) is 42.5 Å². The number of nitrogens with two attached hydrogens (primary N) is 1. The van der Waals surface area contributed by atoms with Gasteiger partial charge in [-0.05, 0) is 30.2 Å². The quantitative estimate of drug-likeness (QED) is 0.373. The molecule has 2 unspecified atom stereocenters. The Labute approximate surface area is 190 Å². The van der Waals surface area contributed by atoms with Crippen LogP contribution in [-0.4, -0.2) is 41.3 Å². The highest BCUT2D eigenvalue weighted by atomic mass is 32.1. The van der Waals surface area contributed by atoms with Gasteiger partial charge in [0.25, 0.3) is 5.91 Å². The molecule has 0 aliphatic carbocycles. The lowest BCUT2D eigenvalue weighted by Crippen LogP contribution is -2.52. The largest absolute Gasteiger partial charge is 0.370 e. The number of hydrogen-bond donors (Lipinski definition) is 4. The zero-order valence-corrected chi connectivity index (χ0v) is 18.9. The van der Waals surface area contributed by atoms with E-state index in [0.29, 0.717) is 13.1 Å². The maximum Gasteiger partial charge on any atom is 0.271 e. The Morgan fingerprint density at radius 3 is 2.56 bits per heavy atom. The first-order chi connectivity index (χ1) is 15.3. The number of nitrogens with zero attached hydrogens (tertiary/aromatic N) is 1. The van der Waals surface area contributed by atoms with E-state index in [1.807, 2.05) is 25.1 Å². The van der Waals surface area contributed by atoms with Crippen LogP contribution in [0.15, 0.2) is 47.8 Å². The number of aryl methyl sites for hydroxylation is 1. The Morgan fingerprint density at radius 2 is 1.84 bits per heavy atom. The fraction of sp³-hybridized carbons (Fsp3) is 0.304. The highest BCUT2D eigenvalue weighted by Gasteiger charge is 2.25. The van der Waals surface area contributed by atoms with Crippen LogP contribution in [0.25, 0.3) is 10.8 Å². The zero-order valence-electron chi connectivity index (χ0n) is 18.1. The number of amides is 3. The van der Waals surface area contributed by atoms with E-state index in [-0.39, 0.29) is 18.2 Å². The van der Waals surface area contributed by atoms with Crippen LogP contribution in [0.2, 0.25) is 0 Å². The minimum Gasteiger partial charge on any atom is -0.370 e. The van der Waals surface area contributed by atoms with Gasteiger partial charge < -0.3 is 21.7 Å². The summed E-state index contributed by atoms with van der Waals surface area (Å²) in [5.41, 5.74) is 6.65. The van der Waals surface area contributed by atoms with Crippen molar-refractivity contribution in [3.05, 3.63) is 64.1 Å². The SMILES string of the molecule is Cc1nc(C(=O)NC(CC(N)=O)C(=O)NC(C)CNCc2cccc3ccccc23)cs1. The third-order valence-electron chi connectivity index (χ3n) is 4.91. The smallest absolute Gasteiger partial charge is 0.271 e. The molecule has 3 aromatic rings. The summed E-state index contributed by atoms with van der Waals surface area (Å²) in [5, 5.41) is 13.4. The first kappa shape index (κ1) is 23.4. The second kappa shape index (κ2) is 10.8. The number of carbonyl (C=O) groups is 3. The molecule has 2 aromatic carbocycles. The van der Waals surface area contributed by atoms with E-state index in [9.17, 15) is 14.4 Å². The zero-order chi connectivity index (χ0) is 23.1. The average molecular weight is 454 g/mol. The molecule has 0 bridgehead atoms. The molecule has 5 N–H and O–H groups in total. The Balaban J connectivity index is 1.54. The van der Waals surface area contributed by atoms with Gasteiger partial charge >= 0.3 is 0 Å². The van der Waals surface area contributed by atoms with Gasteiger partial charge in [0.05, 0.1) is 11.4 Å². The molecule has 0 saturated heterocycles. The predicted octanol–water partition coefficient (Wildman–Crippen LogP) is 1.87. The van der Waals surface area contributed by atoms with Gasteiger partial charge in [-0.2, -0.15) is 0 Å². The molecule has 32 heavy (non-hydrogen) atoms. The maximum absolute atomic E-state index is 12.7. The summed E-state index contributed by atoms with van der Waals surface area (Å²) in [5.74, 6) is -1.66. The topological polar surface area (TPSA) is 126 Å². The first-order valence-corrected chi connectivity index (χ1v) is 11.2. The van der Waals surface area contributed by atoms with Crippen LogP contribution in [0.5, 0.6) is 0 Å². The molecule has 168 valence electrons. The molecule has 3 rings (SSSR count). The minimum absolute atomic E-state index is 0.208. The lowest BCUT2D eigenvalue weighted by molar-refractivity contribution is -0.127. The summed E-state index contributed by atoms with van der Waals surface area (Å²) in [6.45, 7) is 4.78. The molecular formula is C23H27N5O3S. The van der Waals surface area contributed by atoms with E-state index >= 15 is 0 Å². The van der Waals surface area contributed by atoms with Crippen LogP contribution >= 0.6 is 11.3 Å². The van der Waals surface area contributed by atoms with E-state index in [1.165, 1.54) is 27.7 Å². The van der Waals surface area contributed by atoms with Gasteiger partial charge in [-0.3, -0.25) is 14.4 Å². The summed E-state index contributed by atoms with van der Waals surface area (Å²) in [7, 11) is 0. The van der Waals surface area contributed by atoms with Gasteiger partial charge in [-0.25, -0.2) is 4.98 Å². The molecule has 0 aliphatic heterocycles. The third-order valence-corrected chi connectivity index (χ3v) is 5.69. The number of aromatic nitrogens is 1. The maximum atomic E-state index is 12.7. The molecule has 0 spiro atoms. The average Bonchev–Trinajstić information content (AvgIpc) is 3.19. The standard InChI is InChI=1S/C23H27N5O3S/c1-14(11-25-12-17-8-5-7-16-6-3-4-9-18(16)17)26-22(30)19(10-21(24)29)28-23(31)20-13-32-15(2)27-20/h3-9,13-14,19,25H,10-12H2,1-2H3,(H2,24,29)(H,26,30)(H,28,31). The normalized spacial score (nSPS) is 12.8. The molecule has 1 heterocycles. The molecular weight excluding hydrogens is 426 g/mol. The Morgan fingerprint density at radius 1 is 1.09 bits per heavy atom. The second-order valence-electron chi connectivity index (χ2n) is 7.63. The Hall–Kier alpha value is -3.30. The monoisotopic (exact) mass is 453 g/mol. The van der Waals surface area contributed by atoms with Crippen LogP contribution in [0.1, 0.15) is 34.4 Å². The van der Waals surface area contributed by atoms with Gasteiger partial charge in [0.2, 0.25) is 11.8 Å².